The molecule has 0 bridgehead atoms. The van der Waals surface area contributed by atoms with Crippen LogP contribution in [0.4, 0.5) is 8.78 Å². The summed E-state index contributed by atoms with van der Waals surface area (Å²) in [4.78, 5) is 10.9. The third-order valence-corrected chi connectivity index (χ3v) is 2.11. The number of esters is 1. The molecule has 0 fully saturated rings. The zero-order chi connectivity index (χ0) is 12.8. The Morgan fingerprint density at radius 3 is 2.76 bits per heavy atom. The number of aryl methyl sites for hydroxylation is 1. The Labute approximate surface area is 96.8 Å². The number of phenols is 1. The molecule has 0 aliphatic rings. The predicted octanol–water partition coefficient (Wildman–Crippen LogP) is 2.10. The summed E-state index contributed by atoms with van der Waals surface area (Å²) in [7, 11) is 1.24. The molecule has 0 aliphatic heterocycles. The van der Waals surface area contributed by atoms with Gasteiger partial charge in [-0.2, -0.15) is 8.78 Å². The molecule has 0 heterocycles. The normalized spacial score (nSPS) is 10.4. The first kappa shape index (κ1) is 13.2. The average molecular weight is 246 g/mol. The summed E-state index contributed by atoms with van der Waals surface area (Å²) < 4.78 is 32.9. The zero-order valence-corrected chi connectivity index (χ0v) is 9.15. The molecule has 1 aromatic rings. The van der Waals surface area contributed by atoms with Gasteiger partial charge in [-0.1, -0.05) is 12.1 Å². The van der Waals surface area contributed by atoms with Gasteiger partial charge < -0.3 is 14.6 Å². The summed E-state index contributed by atoms with van der Waals surface area (Å²) in [6.45, 7) is -3.03. The molecule has 1 aromatic carbocycles. The number of alkyl halides is 2. The Bertz CT molecular complexity index is 393. The summed E-state index contributed by atoms with van der Waals surface area (Å²) in [6, 6.07) is 4.22. The highest BCUT2D eigenvalue weighted by atomic mass is 19.3. The van der Waals surface area contributed by atoms with Crippen molar-refractivity contribution in [2.45, 2.75) is 19.5 Å². The number of halogens is 2. The zero-order valence-electron chi connectivity index (χ0n) is 9.15. The molecule has 0 atom stereocenters. The number of hydrogen-bond donors (Lipinski definition) is 1. The van der Waals surface area contributed by atoms with Gasteiger partial charge in [0.25, 0.3) is 0 Å². The van der Waals surface area contributed by atoms with Crippen molar-refractivity contribution >= 4 is 5.97 Å². The van der Waals surface area contributed by atoms with E-state index < -0.39 is 12.6 Å². The minimum atomic E-state index is -3.03. The van der Waals surface area contributed by atoms with Crippen LogP contribution in [0, 0.1) is 0 Å². The molecular formula is C11H12F2O4. The highest BCUT2D eigenvalue weighted by molar-refractivity contribution is 5.69. The van der Waals surface area contributed by atoms with E-state index in [2.05, 4.69) is 9.47 Å². The molecule has 0 aromatic heterocycles. The first-order chi connectivity index (χ1) is 8.04. The Kier molecular flexibility index (Phi) is 4.68. The van der Waals surface area contributed by atoms with E-state index in [4.69, 9.17) is 0 Å². The largest absolute Gasteiger partial charge is 0.504 e. The van der Waals surface area contributed by atoms with E-state index in [0.717, 1.165) is 0 Å². The summed E-state index contributed by atoms with van der Waals surface area (Å²) in [5.74, 6) is -1.14. The summed E-state index contributed by atoms with van der Waals surface area (Å²) >= 11 is 0. The summed E-state index contributed by atoms with van der Waals surface area (Å²) in [5, 5.41) is 9.39. The smallest absolute Gasteiger partial charge is 0.387 e. The number of ether oxygens (including phenoxy) is 2. The van der Waals surface area contributed by atoms with Gasteiger partial charge in [0, 0.05) is 6.42 Å². The number of carbonyl (C=O) groups excluding carboxylic acids is 1. The highest BCUT2D eigenvalue weighted by Gasteiger charge is 2.15. The van der Waals surface area contributed by atoms with E-state index >= 15 is 0 Å². The van der Waals surface area contributed by atoms with Gasteiger partial charge in [0.15, 0.2) is 11.5 Å². The molecule has 0 radical (unpaired) electrons. The van der Waals surface area contributed by atoms with Gasteiger partial charge in [-0.25, -0.2) is 0 Å². The van der Waals surface area contributed by atoms with Crippen molar-refractivity contribution in [3.63, 3.8) is 0 Å². The van der Waals surface area contributed by atoms with E-state index in [0.29, 0.717) is 5.56 Å². The molecule has 0 amide bonds. The van der Waals surface area contributed by atoms with Crippen LogP contribution in [-0.2, 0) is 16.0 Å². The minimum absolute atomic E-state index is 0.0273. The van der Waals surface area contributed by atoms with Gasteiger partial charge in [0.2, 0.25) is 0 Å². The van der Waals surface area contributed by atoms with Crippen LogP contribution in [0.25, 0.3) is 0 Å². The lowest BCUT2D eigenvalue weighted by molar-refractivity contribution is -0.140. The van der Waals surface area contributed by atoms with E-state index in [1.165, 1.54) is 25.3 Å². The van der Waals surface area contributed by atoms with Crippen molar-refractivity contribution in [2.75, 3.05) is 7.11 Å². The van der Waals surface area contributed by atoms with Gasteiger partial charge in [-0.3, -0.25) is 4.79 Å². The number of benzene rings is 1. The second kappa shape index (κ2) is 6.03. The Morgan fingerprint density at radius 1 is 1.47 bits per heavy atom. The van der Waals surface area contributed by atoms with Crippen LogP contribution >= 0.6 is 0 Å². The summed E-state index contributed by atoms with van der Waals surface area (Å²) in [6.07, 6.45) is 0.183. The molecule has 17 heavy (non-hydrogen) atoms. The lowest BCUT2D eigenvalue weighted by Gasteiger charge is -2.11. The summed E-state index contributed by atoms with van der Waals surface area (Å²) in [5.41, 5.74) is 0.329. The van der Waals surface area contributed by atoms with Crippen LogP contribution in [0.2, 0.25) is 0 Å². The fourth-order valence-corrected chi connectivity index (χ4v) is 1.33. The second-order valence-corrected chi connectivity index (χ2v) is 3.22. The number of rotatable bonds is 5. The first-order valence-electron chi connectivity index (χ1n) is 4.87. The maximum absolute atomic E-state index is 12.1. The van der Waals surface area contributed by atoms with E-state index in [1.54, 1.807) is 0 Å². The molecule has 94 valence electrons. The van der Waals surface area contributed by atoms with Gasteiger partial charge >= 0.3 is 12.6 Å². The molecule has 0 aliphatic carbocycles. The molecular weight excluding hydrogens is 234 g/mol. The van der Waals surface area contributed by atoms with Crippen LogP contribution < -0.4 is 4.74 Å². The quantitative estimate of drug-likeness (QED) is 0.808. The fraction of sp³-hybridized carbons (Fsp3) is 0.364. The molecule has 0 saturated carbocycles. The molecule has 4 nitrogen and oxygen atoms in total. The Hall–Kier alpha value is -1.85. The molecule has 1 N–H and O–H groups in total. The molecule has 0 spiro atoms. The van der Waals surface area contributed by atoms with Crippen molar-refractivity contribution in [1.82, 2.24) is 0 Å². The predicted molar refractivity (Wildman–Crippen MR) is 55.1 cm³/mol. The van der Waals surface area contributed by atoms with Crippen LogP contribution in [0.3, 0.4) is 0 Å². The third-order valence-electron chi connectivity index (χ3n) is 2.11. The van der Waals surface area contributed by atoms with Gasteiger partial charge in [0.1, 0.15) is 0 Å². The number of hydrogen-bond acceptors (Lipinski definition) is 4. The first-order valence-corrected chi connectivity index (χ1v) is 4.87. The van der Waals surface area contributed by atoms with Crippen LogP contribution in [0.1, 0.15) is 12.0 Å². The van der Waals surface area contributed by atoms with Crippen molar-refractivity contribution in [3.05, 3.63) is 23.8 Å². The van der Waals surface area contributed by atoms with Gasteiger partial charge in [-0.05, 0) is 18.1 Å². The Balaban J connectivity index is 2.82. The third kappa shape index (κ3) is 3.90. The number of methoxy groups -OCH3 is 1. The molecule has 6 heteroatoms. The van der Waals surface area contributed by atoms with Crippen molar-refractivity contribution in [2.24, 2.45) is 0 Å². The lowest BCUT2D eigenvalue weighted by atomic mass is 10.1. The van der Waals surface area contributed by atoms with Crippen molar-refractivity contribution < 1.29 is 28.2 Å². The van der Waals surface area contributed by atoms with Crippen LogP contribution in [0.5, 0.6) is 11.5 Å². The number of para-hydroxylation sites is 1. The standard InChI is InChI=1S/C11H12F2O4/c1-16-9(15)6-5-7-3-2-4-8(14)10(7)17-11(12)13/h2-4,11,14H,5-6H2,1H3. The van der Waals surface area contributed by atoms with E-state index in [-0.39, 0.29) is 24.3 Å². The van der Waals surface area contributed by atoms with E-state index in [9.17, 15) is 18.7 Å². The fourth-order valence-electron chi connectivity index (χ4n) is 1.33. The molecule has 1 rings (SSSR count). The van der Waals surface area contributed by atoms with E-state index in [1.807, 2.05) is 0 Å². The van der Waals surface area contributed by atoms with Gasteiger partial charge in [0.05, 0.1) is 7.11 Å². The van der Waals surface area contributed by atoms with Gasteiger partial charge in [-0.15, -0.1) is 0 Å². The topological polar surface area (TPSA) is 55.8 Å². The maximum atomic E-state index is 12.1. The SMILES string of the molecule is COC(=O)CCc1cccc(O)c1OC(F)F. The number of carbonyl (C=O) groups is 1. The average Bonchev–Trinajstić information content (AvgIpc) is 2.29. The van der Waals surface area contributed by atoms with Crippen molar-refractivity contribution in [3.8, 4) is 11.5 Å². The second-order valence-electron chi connectivity index (χ2n) is 3.22. The lowest BCUT2D eigenvalue weighted by Crippen LogP contribution is -2.07. The molecule has 0 saturated heterocycles. The van der Waals surface area contributed by atoms with Crippen molar-refractivity contribution in [1.29, 1.82) is 0 Å². The number of phenolic OH excluding ortho intramolecular Hbond substituents is 1. The number of aromatic hydroxyl groups is 1. The molecule has 0 unspecified atom stereocenters. The Morgan fingerprint density at radius 2 is 2.18 bits per heavy atom. The monoisotopic (exact) mass is 246 g/mol. The highest BCUT2D eigenvalue weighted by Crippen LogP contribution is 2.32. The van der Waals surface area contributed by atoms with Crippen LogP contribution in [0.15, 0.2) is 18.2 Å². The maximum Gasteiger partial charge on any atom is 0.387 e. The minimum Gasteiger partial charge on any atom is -0.504 e. The van der Waals surface area contributed by atoms with Crippen LogP contribution in [-0.4, -0.2) is 24.8 Å².